The van der Waals surface area contributed by atoms with Crippen molar-refractivity contribution in [1.29, 1.82) is 0 Å². The number of halogens is 2. The summed E-state index contributed by atoms with van der Waals surface area (Å²) in [5, 5.41) is 8.45. The number of hydrogen-bond acceptors (Lipinski definition) is 5. The molecule has 0 radical (unpaired) electrons. The molecule has 0 fully saturated rings. The van der Waals surface area contributed by atoms with E-state index in [1.54, 1.807) is 35.0 Å². The minimum atomic E-state index is -0.0578. The number of nitrogens with one attached hydrogen (secondary N) is 1. The highest BCUT2D eigenvalue weighted by Gasteiger charge is 2.17. The van der Waals surface area contributed by atoms with Crippen molar-refractivity contribution in [3.63, 3.8) is 0 Å². The number of rotatable bonds is 6. The number of aryl methyl sites for hydroxylation is 2. The third-order valence-electron chi connectivity index (χ3n) is 4.86. The van der Waals surface area contributed by atoms with Crippen LogP contribution in [0.3, 0.4) is 0 Å². The lowest BCUT2D eigenvalue weighted by molar-refractivity contribution is -0.121. The van der Waals surface area contributed by atoms with Crippen LogP contribution in [-0.2, 0) is 17.8 Å². The summed E-state index contributed by atoms with van der Waals surface area (Å²) in [6.45, 7) is 4.22. The second kappa shape index (κ2) is 8.45. The summed E-state index contributed by atoms with van der Waals surface area (Å²) < 4.78 is 6.91. The van der Waals surface area contributed by atoms with Crippen molar-refractivity contribution in [2.45, 2.75) is 33.2 Å². The molecule has 30 heavy (non-hydrogen) atoms. The van der Waals surface area contributed by atoms with Gasteiger partial charge in [0.05, 0.1) is 17.8 Å². The van der Waals surface area contributed by atoms with Crippen molar-refractivity contribution in [3.8, 4) is 11.4 Å². The maximum absolute atomic E-state index is 12.2. The second-order valence-corrected chi connectivity index (χ2v) is 7.73. The predicted octanol–water partition coefficient (Wildman–Crippen LogP) is 4.56. The monoisotopic (exact) mass is 443 g/mol. The van der Waals surface area contributed by atoms with E-state index >= 15 is 0 Å². The molecule has 1 amide bonds. The standard InChI is InChI=1S/C21H19Cl2N5O2/c1-12-16(7-8-19(29)24-11-15-4-3-9-30-15)13(2)28-21(25-12)26-20(27-28)17-6-5-14(22)10-18(17)23/h3-6,9-10H,7-8,11H2,1-2H3,(H,24,29). The molecule has 154 valence electrons. The largest absolute Gasteiger partial charge is 0.467 e. The number of carbonyl (C=O) groups excluding carboxylic acids is 1. The van der Waals surface area contributed by atoms with Crippen LogP contribution in [-0.4, -0.2) is 25.5 Å². The zero-order valence-electron chi connectivity index (χ0n) is 16.4. The molecule has 0 aliphatic carbocycles. The predicted molar refractivity (Wildman–Crippen MR) is 115 cm³/mol. The average molecular weight is 444 g/mol. The number of carbonyl (C=O) groups is 1. The molecular formula is C21H19Cl2N5O2. The number of amides is 1. The molecule has 0 bridgehead atoms. The molecule has 4 rings (SSSR count). The molecule has 3 heterocycles. The van der Waals surface area contributed by atoms with E-state index in [0.717, 1.165) is 22.7 Å². The highest BCUT2D eigenvalue weighted by molar-refractivity contribution is 6.36. The molecule has 0 saturated carbocycles. The quantitative estimate of drug-likeness (QED) is 0.472. The minimum Gasteiger partial charge on any atom is -0.467 e. The highest BCUT2D eigenvalue weighted by Crippen LogP contribution is 2.29. The first-order valence-corrected chi connectivity index (χ1v) is 10.2. The van der Waals surface area contributed by atoms with Gasteiger partial charge < -0.3 is 9.73 Å². The Hall–Kier alpha value is -2.90. The van der Waals surface area contributed by atoms with Crippen molar-refractivity contribution < 1.29 is 9.21 Å². The Bertz CT molecular complexity index is 1220. The Labute approximate surface area is 183 Å². The Balaban J connectivity index is 1.54. The van der Waals surface area contributed by atoms with Gasteiger partial charge in [-0.15, -0.1) is 5.10 Å². The van der Waals surface area contributed by atoms with Gasteiger partial charge in [0.25, 0.3) is 5.78 Å². The second-order valence-electron chi connectivity index (χ2n) is 6.89. The van der Waals surface area contributed by atoms with Gasteiger partial charge in [-0.2, -0.15) is 4.98 Å². The van der Waals surface area contributed by atoms with Crippen molar-refractivity contribution in [2.75, 3.05) is 0 Å². The van der Waals surface area contributed by atoms with Gasteiger partial charge in [-0.1, -0.05) is 23.2 Å². The van der Waals surface area contributed by atoms with E-state index in [4.69, 9.17) is 27.6 Å². The van der Waals surface area contributed by atoms with Crippen LogP contribution in [0.5, 0.6) is 0 Å². The molecule has 0 atom stereocenters. The summed E-state index contributed by atoms with van der Waals surface area (Å²) in [7, 11) is 0. The summed E-state index contributed by atoms with van der Waals surface area (Å²) in [6.07, 6.45) is 2.46. The molecule has 7 nitrogen and oxygen atoms in total. The van der Waals surface area contributed by atoms with Crippen LogP contribution in [0.2, 0.25) is 10.0 Å². The fraction of sp³-hybridized carbons (Fsp3) is 0.238. The van der Waals surface area contributed by atoms with Gasteiger partial charge in [0.15, 0.2) is 5.82 Å². The number of fused-ring (bicyclic) bond motifs is 1. The van der Waals surface area contributed by atoms with Crippen molar-refractivity contribution in [3.05, 3.63) is 69.4 Å². The zero-order chi connectivity index (χ0) is 21.3. The van der Waals surface area contributed by atoms with Gasteiger partial charge in [0.1, 0.15) is 5.76 Å². The Morgan fingerprint density at radius 1 is 1.20 bits per heavy atom. The van der Waals surface area contributed by atoms with E-state index in [1.165, 1.54) is 0 Å². The maximum atomic E-state index is 12.2. The fourth-order valence-corrected chi connectivity index (χ4v) is 3.77. The minimum absolute atomic E-state index is 0.0578. The van der Waals surface area contributed by atoms with E-state index in [0.29, 0.717) is 46.6 Å². The zero-order valence-corrected chi connectivity index (χ0v) is 18.0. The van der Waals surface area contributed by atoms with Gasteiger partial charge in [-0.05, 0) is 56.2 Å². The lowest BCUT2D eigenvalue weighted by Crippen LogP contribution is -2.23. The summed E-state index contributed by atoms with van der Waals surface area (Å²) in [5.74, 6) is 1.62. The lowest BCUT2D eigenvalue weighted by atomic mass is 10.1. The molecule has 0 aliphatic rings. The average Bonchev–Trinajstić information content (AvgIpc) is 3.36. The third-order valence-corrected chi connectivity index (χ3v) is 5.41. The highest BCUT2D eigenvalue weighted by atomic mass is 35.5. The first kappa shape index (κ1) is 20.4. The first-order chi connectivity index (χ1) is 14.4. The molecular weight excluding hydrogens is 425 g/mol. The third kappa shape index (κ3) is 4.17. The summed E-state index contributed by atoms with van der Waals surface area (Å²) >= 11 is 12.3. The van der Waals surface area contributed by atoms with Crippen LogP contribution in [0.25, 0.3) is 17.2 Å². The Morgan fingerprint density at radius 3 is 2.77 bits per heavy atom. The Morgan fingerprint density at radius 2 is 2.03 bits per heavy atom. The van der Waals surface area contributed by atoms with Crippen LogP contribution in [0.15, 0.2) is 41.0 Å². The normalized spacial score (nSPS) is 11.2. The van der Waals surface area contributed by atoms with Crippen molar-refractivity contribution in [1.82, 2.24) is 24.9 Å². The van der Waals surface area contributed by atoms with E-state index in [-0.39, 0.29) is 5.91 Å². The van der Waals surface area contributed by atoms with Crippen LogP contribution in [0.4, 0.5) is 0 Å². The topological polar surface area (TPSA) is 85.3 Å². The van der Waals surface area contributed by atoms with Gasteiger partial charge in [0.2, 0.25) is 5.91 Å². The van der Waals surface area contributed by atoms with E-state index in [2.05, 4.69) is 20.4 Å². The molecule has 0 saturated heterocycles. The molecule has 1 N–H and O–H groups in total. The summed E-state index contributed by atoms with van der Waals surface area (Å²) in [4.78, 5) is 21.3. The number of hydrogen-bond donors (Lipinski definition) is 1. The molecule has 1 aromatic carbocycles. The fourth-order valence-electron chi connectivity index (χ4n) is 3.28. The molecule has 3 aromatic heterocycles. The number of benzene rings is 1. The molecule has 4 aromatic rings. The number of aromatic nitrogens is 4. The van der Waals surface area contributed by atoms with E-state index < -0.39 is 0 Å². The van der Waals surface area contributed by atoms with E-state index in [1.807, 2.05) is 19.9 Å². The summed E-state index contributed by atoms with van der Waals surface area (Å²) in [6, 6.07) is 8.79. The molecule has 0 spiro atoms. The van der Waals surface area contributed by atoms with Crippen LogP contribution in [0.1, 0.15) is 29.1 Å². The first-order valence-electron chi connectivity index (χ1n) is 9.39. The molecule has 0 aliphatic heterocycles. The van der Waals surface area contributed by atoms with Gasteiger partial charge in [0, 0.05) is 28.4 Å². The summed E-state index contributed by atoms with van der Waals surface area (Å²) in [5.41, 5.74) is 3.36. The number of nitrogens with zero attached hydrogens (tertiary/aromatic N) is 4. The maximum Gasteiger partial charge on any atom is 0.253 e. The van der Waals surface area contributed by atoms with E-state index in [9.17, 15) is 4.79 Å². The molecule has 9 heteroatoms. The number of furan rings is 1. The van der Waals surface area contributed by atoms with Crippen LogP contribution in [0, 0.1) is 13.8 Å². The molecule has 0 unspecified atom stereocenters. The van der Waals surface area contributed by atoms with Crippen molar-refractivity contribution in [2.24, 2.45) is 0 Å². The lowest BCUT2D eigenvalue weighted by Gasteiger charge is -2.10. The van der Waals surface area contributed by atoms with Gasteiger partial charge >= 0.3 is 0 Å². The van der Waals surface area contributed by atoms with Crippen LogP contribution < -0.4 is 5.32 Å². The Kier molecular flexibility index (Phi) is 5.74. The SMILES string of the molecule is Cc1nc2nc(-c3ccc(Cl)cc3Cl)nn2c(C)c1CCC(=O)NCc1ccco1. The van der Waals surface area contributed by atoms with Gasteiger partial charge in [-0.25, -0.2) is 9.50 Å². The van der Waals surface area contributed by atoms with Crippen LogP contribution >= 0.6 is 23.2 Å². The van der Waals surface area contributed by atoms with Gasteiger partial charge in [-0.3, -0.25) is 4.79 Å². The smallest absolute Gasteiger partial charge is 0.253 e. The van der Waals surface area contributed by atoms with Crippen molar-refractivity contribution >= 4 is 34.9 Å².